The van der Waals surface area contributed by atoms with Gasteiger partial charge in [-0.2, -0.15) is 4.98 Å². The van der Waals surface area contributed by atoms with E-state index in [2.05, 4.69) is 20.7 Å². The van der Waals surface area contributed by atoms with Crippen LogP contribution in [0.4, 0.5) is 11.8 Å². The summed E-state index contributed by atoms with van der Waals surface area (Å²) in [5.74, 6) is 6.31. The van der Waals surface area contributed by atoms with E-state index in [1.165, 1.54) is 0 Å². The van der Waals surface area contributed by atoms with Gasteiger partial charge in [0.2, 0.25) is 5.95 Å². The van der Waals surface area contributed by atoms with E-state index in [-0.39, 0.29) is 0 Å². The zero-order chi connectivity index (χ0) is 11.6. The number of aromatic nitrogens is 2. The summed E-state index contributed by atoms with van der Waals surface area (Å²) in [5.41, 5.74) is 2.67. The summed E-state index contributed by atoms with van der Waals surface area (Å²) in [7, 11) is 0. The van der Waals surface area contributed by atoms with Crippen molar-refractivity contribution in [3.8, 4) is 0 Å². The summed E-state index contributed by atoms with van der Waals surface area (Å²) in [6.45, 7) is 2.39. The number of aryl methyl sites for hydroxylation is 1. The van der Waals surface area contributed by atoms with Crippen molar-refractivity contribution in [1.82, 2.24) is 9.97 Å². The minimum Gasteiger partial charge on any atom is -0.388 e. The minimum atomic E-state index is -0.560. The smallest absolute Gasteiger partial charge is 0.239 e. The van der Waals surface area contributed by atoms with Gasteiger partial charge in [-0.15, -0.1) is 0 Å². The second kappa shape index (κ2) is 4.23. The molecular formula is C10H17N5O. The molecule has 1 aromatic rings. The van der Waals surface area contributed by atoms with Gasteiger partial charge < -0.3 is 10.4 Å². The molecular weight excluding hydrogens is 206 g/mol. The lowest BCUT2D eigenvalue weighted by Crippen LogP contribution is -2.43. The third-order valence-corrected chi connectivity index (χ3v) is 2.87. The van der Waals surface area contributed by atoms with E-state index in [0.717, 1.165) is 25.0 Å². The molecule has 1 aliphatic rings. The lowest BCUT2D eigenvalue weighted by molar-refractivity contribution is -0.0202. The number of hydrogen-bond donors (Lipinski definition) is 4. The van der Waals surface area contributed by atoms with Crippen molar-refractivity contribution in [1.29, 1.82) is 0 Å². The Kier molecular flexibility index (Phi) is 2.93. The Labute approximate surface area is 94.3 Å². The van der Waals surface area contributed by atoms with Crippen LogP contribution in [0.25, 0.3) is 0 Å². The number of anilines is 2. The van der Waals surface area contributed by atoms with Crippen molar-refractivity contribution in [3.05, 3.63) is 11.8 Å². The number of hydrazine groups is 1. The Bertz CT molecular complexity index is 377. The maximum Gasteiger partial charge on any atom is 0.239 e. The van der Waals surface area contributed by atoms with Gasteiger partial charge in [-0.1, -0.05) is 0 Å². The van der Waals surface area contributed by atoms with Crippen LogP contribution < -0.4 is 16.6 Å². The van der Waals surface area contributed by atoms with Gasteiger partial charge in [0.15, 0.2) is 0 Å². The second-order valence-corrected chi connectivity index (χ2v) is 4.29. The first kappa shape index (κ1) is 11.1. The van der Waals surface area contributed by atoms with Crippen molar-refractivity contribution in [2.24, 2.45) is 5.84 Å². The number of nitrogens with one attached hydrogen (secondary N) is 2. The predicted octanol–water partition coefficient (Wildman–Crippen LogP) is 0.398. The summed E-state index contributed by atoms with van der Waals surface area (Å²) < 4.78 is 0. The van der Waals surface area contributed by atoms with Crippen LogP contribution in [0.15, 0.2) is 6.07 Å². The second-order valence-electron chi connectivity index (χ2n) is 4.29. The first-order chi connectivity index (χ1) is 7.61. The fraction of sp³-hybridized carbons (Fsp3) is 0.600. The van der Waals surface area contributed by atoms with E-state index in [0.29, 0.717) is 18.3 Å². The number of aliphatic hydroxyl groups is 1. The molecule has 1 aliphatic carbocycles. The van der Waals surface area contributed by atoms with Gasteiger partial charge >= 0.3 is 0 Å². The van der Waals surface area contributed by atoms with Crippen LogP contribution in [0.2, 0.25) is 0 Å². The molecule has 1 heterocycles. The maximum atomic E-state index is 9.92. The van der Waals surface area contributed by atoms with Crippen LogP contribution in [-0.4, -0.2) is 27.2 Å². The van der Waals surface area contributed by atoms with E-state index < -0.39 is 5.60 Å². The molecule has 16 heavy (non-hydrogen) atoms. The highest BCUT2D eigenvalue weighted by atomic mass is 16.3. The molecule has 6 heteroatoms. The zero-order valence-corrected chi connectivity index (χ0v) is 9.32. The third-order valence-electron chi connectivity index (χ3n) is 2.87. The number of rotatable bonds is 4. The average Bonchev–Trinajstić information content (AvgIpc) is 2.23. The van der Waals surface area contributed by atoms with Gasteiger partial charge in [0.25, 0.3) is 0 Å². The van der Waals surface area contributed by atoms with Crippen molar-refractivity contribution in [2.45, 2.75) is 31.8 Å². The number of nitrogen functional groups attached to an aromatic ring is 1. The van der Waals surface area contributed by atoms with E-state index in [1.807, 2.05) is 13.0 Å². The topological polar surface area (TPSA) is 96.1 Å². The maximum absolute atomic E-state index is 9.92. The molecule has 1 aromatic heterocycles. The van der Waals surface area contributed by atoms with Crippen LogP contribution in [0.5, 0.6) is 0 Å². The predicted molar refractivity (Wildman–Crippen MR) is 61.9 cm³/mol. The van der Waals surface area contributed by atoms with Crippen LogP contribution in [0.3, 0.4) is 0 Å². The zero-order valence-electron chi connectivity index (χ0n) is 9.32. The van der Waals surface area contributed by atoms with E-state index in [1.54, 1.807) is 0 Å². The quantitative estimate of drug-likeness (QED) is 0.436. The molecule has 1 saturated carbocycles. The average molecular weight is 223 g/mol. The molecule has 0 saturated heterocycles. The minimum absolute atomic E-state index is 0.378. The van der Waals surface area contributed by atoms with E-state index in [4.69, 9.17) is 5.84 Å². The molecule has 0 radical (unpaired) electrons. The van der Waals surface area contributed by atoms with Gasteiger partial charge in [0, 0.05) is 18.3 Å². The largest absolute Gasteiger partial charge is 0.388 e. The molecule has 0 bridgehead atoms. The van der Waals surface area contributed by atoms with Gasteiger partial charge in [-0.25, -0.2) is 10.8 Å². The van der Waals surface area contributed by atoms with Crippen molar-refractivity contribution in [3.63, 3.8) is 0 Å². The highest BCUT2D eigenvalue weighted by Crippen LogP contribution is 2.31. The summed E-state index contributed by atoms with van der Waals surface area (Å²) in [6.07, 6.45) is 2.80. The lowest BCUT2D eigenvalue weighted by atomic mass is 9.80. The van der Waals surface area contributed by atoms with Crippen LogP contribution in [0.1, 0.15) is 25.0 Å². The monoisotopic (exact) mass is 223 g/mol. The van der Waals surface area contributed by atoms with Crippen molar-refractivity contribution < 1.29 is 5.11 Å². The molecule has 0 aliphatic heterocycles. The number of nitrogens with zero attached hydrogens (tertiary/aromatic N) is 2. The fourth-order valence-electron chi connectivity index (χ4n) is 1.74. The molecule has 2 rings (SSSR count). The summed E-state index contributed by atoms with van der Waals surface area (Å²) in [6, 6.07) is 1.82. The first-order valence-electron chi connectivity index (χ1n) is 5.40. The Morgan fingerprint density at radius 3 is 2.81 bits per heavy atom. The normalized spacial score (nSPS) is 17.7. The molecule has 0 aromatic carbocycles. The van der Waals surface area contributed by atoms with Crippen LogP contribution in [0, 0.1) is 6.92 Å². The Morgan fingerprint density at radius 2 is 2.25 bits per heavy atom. The molecule has 0 unspecified atom stereocenters. The molecule has 5 N–H and O–H groups in total. The van der Waals surface area contributed by atoms with Crippen molar-refractivity contribution in [2.75, 3.05) is 17.3 Å². The SMILES string of the molecule is Cc1cc(NCC2(O)CCC2)nc(NN)n1. The molecule has 0 spiro atoms. The molecule has 6 nitrogen and oxygen atoms in total. The summed E-state index contributed by atoms with van der Waals surface area (Å²) >= 11 is 0. The molecule has 1 fully saturated rings. The van der Waals surface area contributed by atoms with E-state index in [9.17, 15) is 5.11 Å². The van der Waals surface area contributed by atoms with Gasteiger partial charge in [-0.05, 0) is 26.2 Å². The Morgan fingerprint density at radius 1 is 1.50 bits per heavy atom. The van der Waals surface area contributed by atoms with Crippen LogP contribution >= 0.6 is 0 Å². The van der Waals surface area contributed by atoms with E-state index >= 15 is 0 Å². The third kappa shape index (κ3) is 2.40. The summed E-state index contributed by atoms with van der Waals surface area (Å²) in [5, 5.41) is 13.0. The van der Waals surface area contributed by atoms with Gasteiger partial charge in [0.1, 0.15) is 5.82 Å². The molecule has 88 valence electrons. The fourth-order valence-corrected chi connectivity index (χ4v) is 1.74. The van der Waals surface area contributed by atoms with Gasteiger partial charge in [-0.3, -0.25) is 5.43 Å². The first-order valence-corrected chi connectivity index (χ1v) is 5.40. The van der Waals surface area contributed by atoms with Crippen molar-refractivity contribution >= 4 is 11.8 Å². The Hall–Kier alpha value is -1.40. The number of hydrogen-bond acceptors (Lipinski definition) is 6. The highest BCUT2D eigenvalue weighted by molar-refractivity contribution is 5.42. The van der Waals surface area contributed by atoms with Gasteiger partial charge in [0.05, 0.1) is 5.60 Å². The summed E-state index contributed by atoms with van der Waals surface area (Å²) in [4.78, 5) is 8.23. The Balaban J connectivity index is 2.00. The molecule has 0 atom stereocenters. The molecule has 0 amide bonds. The number of nitrogens with two attached hydrogens (primary N) is 1. The standard InChI is InChI=1S/C10H17N5O/c1-7-5-8(14-9(13-7)15-11)12-6-10(16)3-2-4-10/h5,16H,2-4,6,11H2,1H3,(H2,12,13,14,15). The van der Waals surface area contributed by atoms with Crippen LogP contribution in [-0.2, 0) is 0 Å². The highest BCUT2D eigenvalue weighted by Gasteiger charge is 2.34. The lowest BCUT2D eigenvalue weighted by Gasteiger charge is -2.36.